The molecule has 1 aromatic rings. The molecular weight excluding hydrogens is 237 g/mol. The summed E-state index contributed by atoms with van der Waals surface area (Å²) >= 11 is 0. The standard InChI is InChI=1S/C15H20BNO2/c1-10(2)19-15(18)17-8-4-5-11(3)13-9-12(16)6-7-14(13)17/h6-7,9-10H,3-5,8,16H2,1-2H3. The fraction of sp³-hybridized carbons (Fsp3) is 0.400. The summed E-state index contributed by atoms with van der Waals surface area (Å²) in [4.78, 5) is 13.9. The van der Waals surface area contributed by atoms with Crippen molar-refractivity contribution in [2.45, 2.75) is 32.8 Å². The smallest absolute Gasteiger partial charge is 0.414 e. The lowest BCUT2D eigenvalue weighted by Crippen LogP contribution is -2.34. The predicted octanol–water partition coefficient (Wildman–Crippen LogP) is 2.10. The van der Waals surface area contributed by atoms with Crippen LogP contribution < -0.4 is 10.4 Å². The number of hydrogen-bond acceptors (Lipinski definition) is 2. The normalized spacial score (nSPS) is 15.1. The monoisotopic (exact) mass is 257 g/mol. The van der Waals surface area contributed by atoms with Crippen LogP contribution in [0.1, 0.15) is 32.3 Å². The first kappa shape index (κ1) is 13.7. The summed E-state index contributed by atoms with van der Waals surface area (Å²) in [5.74, 6) is 0. The number of allylic oxidation sites excluding steroid dienone is 1. The third-order valence-corrected chi connectivity index (χ3v) is 3.24. The van der Waals surface area contributed by atoms with Crippen molar-refractivity contribution < 1.29 is 9.53 Å². The second kappa shape index (κ2) is 5.51. The molecule has 0 spiro atoms. The van der Waals surface area contributed by atoms with Crippen LogP contribution in [0.25, 0.3) is 5.57 Å². The Morgan fingerprint density at radius 1 is 1.47 bits per heavy atom. The van der Waals surface area contributed by atoms with Gasteiger partial charge in [0, 0.05) is 12.1 Å². The highest BCUT2D eigenvalue weighted by molar-refractivity contribution is 6.32. The Morgan fingerprint density at radius 3 is 2.89 bits per heavy atom. The van der Waals surface area contributed by atoms with Crippen LogP contribution in [0, 0.1) is 0 Å². The van der Waals surface area contributed by atoms with Crippen molar-refractivity contribution in [2.75, 3.05) is 11.4 Å². The van der Waals surface area contributed by atoms with Crippen LogP contribution in [0.15, 0.2) is 24.8 Å². The third-order valence-electron chi connectivity index (χ3n) is 3.24. The molecule has 1 amide bonds. The molecular formula is C15H20BNO2. The zero-order chi connectivity index (χ0) is 14.0. The lowest BCUT2D eigenvalue weighted by molar-refractivity contribution is 0.122. The first-order chi connectivity index (χ1) is 8.99. The van der Waals surface area contributed by atoms with Gasteiger partial charge in [-0.3, -0.25) is 4.90 Å². The van der Waals surface area contributed by atoms with E-state index in [2.05, 4.69) is 20.5 Å². The van der Waals surface area contributed by atoms with Gasteiger partial charge in [-0.25, -0.2) is 4.79 Å². The second-order valence-electron chi connectivity index (χ2n) is 5.31. The van der Waals surface area contributed by atoms with Gasteiger partial charge in [-0.05, 0) is 38.3 Å². The highest BCUT2D eigenvalue weighted by Gasteiger charge is 2.24. The van der Waals surface area contributed by atoms with Crippen LogP contribution in [-0.2, 0) is 4.74 Å². The number of ether oxygens (including phenoxy) is 1. The van der Waals surface area contributed by atoms with Crippen molar-refractivity contribution >= 4 is 30.7 Å². The lowest BCUT2D eigenvalue weighted by atomic mass is 9.91. The summed E-state index contributed by atoms with van der Waals surface area (Å²) < 4.78 is 5.32. The molecule has 0 bridgehead atoms. The highest BCUT2D eigenvalue weighted by Crippen LogP contribution is 2.32. The van der Waals surface area contributed by atoms with E-state index in [9.17, 15) is 4.79 Å². The quantitative estimate of drug-likeness (QED) is 0.721. The molecule has 1 aliphatic heterocycles. The minimum atomic E-state index is -0.269. The van der Waals surface area contributed by atoms with Crippen molar-refractivity contribution in [3.63, 3.8) is 0 Å². The predicted molar refractivity (Wildman–Crippen MR) is 81.9 cm³/mol. The largest absolute Gasteiger partial charge is 0.446 e. The molecule has 1 aliphatic rings. The Bertz CT molecular complexity index is 511. The molecule has 100 valence electrons. The SMILES string of the molecule is Bc1ccc2c(c1)C(=C)CCCN2C(=O)OC(C)C. The van der Waals surface area contributed by atoms with E-state index in [1.807, 2.05) is 26.0 Å². The lowest BCUT2D eigenvalue weighted by Gasteiger charge is -2.23. The Balaban J connectivity index is 2.39. The number of rotatable bonds is 1. The van der Waals surface area contributed by atoms with Gasteiger partial charge in [0.1, 0.15) is 7.85 Å². The molecule has 0 aromatic heterocycles. The first-order valence-corrected chi connectivity index (χ1v) is 6.76. The molecule has 0 aliphatic carbocycles. The summed E-state index contributed by atoms with van der Waals surface area (Å²) in [6.07, 6.45) is 1.46. The summed E-state index contributed by atoms with van der Waals surface area (Å²) in [7, 11) is 2.05. The Labute approximate surface area is 115 Å². The van der Waals surface area contributed by atoms with Crippen LogP contribution in [0.4, 0.5) is 10.5 Å². The maximum atomic E-state index is 12.2. The van der Waals surface area contributed by atoms with E-state index in [0.29, 0.717) is 6.54 Å². The van der Waals surface area contributed by atoms with Gasteiger partial charge < -0.3 is 4.74 Å². The summed E-state index contributed by atoms with van der Waals surface area (Å²) in [6, 6.07) is 6.11. The van der Waals surface area contributed by atoms with Crippen molar-refractivity contribution in [1.82, 2.24) is 0 Å². The molecule has 0 atom stereocenters. The van der Waals surface area contributed by atoms with Crippen molar-refractivity contribution in [3.8, 4) is 0 Å². The van der Waals surface area contributed by atoms with Gasteiger partial charge in [-0.2, -0.15) is 0 Å². The maximum absolute atomic E-state index is 12.2. The van der Waals surface area contributed by atoms with Gasteiger partial charge in [0.05, 0.1) is 11.8 Å². The molecule has 0 radical (unpaired) electrons. The molecule has 1 aromatic carbocycles. The molecule has 0 saturated carbocycles. The Hall–Kier alpha value is -1.71. The number of anilines is 1. The van der Waals surface area contributed by atoms with Gasteiger partial charge in [-0.15, -0.1) is 0 Å². The molecule has 4 heteroatoms. The molecule has 0 unspecified atom stereocenters. The molecule has 19 heavy (non-hydrogen) atoms. The van der Waals surface area contributed by atoms with E-state index in [0.717, 1.165) is 29.7 Å². The van der Waals surface area contributed by atoms with Gasteiger partial charge >= 0.3 is 6.09 Å². The van der Waals surface area contributed by atoms with E-state index in [4.69, 9.17) is 4.74 Å². The van der Waals surface area contributed by atoms with Crippen molar-refractivity contribution in [1.29, 1.82) is 0 Å². The topological polar surface area (TPSA) is 29.5 Å². The second-order valence-corrected chi connectivity index (χ2v) is 5.31. The minimum Gasteiger partial charge on any atom is -0.446 e. The van der Waals surface area contributed by atoms with E-state index in [1.165, 1.54) is 5.46 Å². The average molecular weight is 257 g/mol. The number of fused-ring (bicyclic) bond motifs is 1. The van der Waals surface area contributed by atoms with Crippen LogP contribution in [0.5, 0.6) is 0 Å². The molecule has 1 heterocycles. The average Bonchev–Trinajstić information content (AvgIpc) is 2.48. The van der Waals surface area contributed by atoms with Crippen LogP contribution in [0.2, 0.25) is 0 Å². The van der Waals surface area contributed by atoms with E-state index < -0.39 is 0 Å². The van der Waals surface area contributed by atoms with Crippen LogP contribution in [-0.4, -0.2) is 26.6 Å². The summed E-state index contributed by atoms with van der Waals surface area (Å²) in [5, 5.41) is 0. The fourth-order valence-corrected chi connectivity index (χ4v) is 2.33. The number of carbonyl (C=O) groups is 1. The highest BCUT2D eigenvalue weighted by atomic mass is 16.6. The van der Waals surface area contributed by atoms with Crippen molar-refractivity contribution in [3.05, 3.63) is 30.3 Å². The minimum absolute atomic E-state index is 0.104. The number of amides is 1. The van der Waals surface area contributed by atoms with Gasteiger partial charge in [0.15, 0.2) is 0 Å². The molecule has 0 saturated heterocycles. The van der Waals surface area contributed by atoms with E-state index in [1.54, 1.807) is 4.90 Å². The van der Waals surface area contributed by atoms with E-state index >= 15 is 0 Å². The molecule has 0 N–H and O–H groups in total. The zero-order valence-corrected chi connectivity index (χ0v) is 11.9. The number of carbonyl (C=O) groups excluding carboxylic acids is 1. The summed E-state index contributed by atoms with van der Waals surface area (Å²) in [6.45, 7) is 8.55. The third kappa shape index (κ3) is 3.00. The van der Waals surface area contributed by atoms with Crippen molar-refractivity contribution in [2.24, 2.45) is 0 Å². The fourth-order valence-electron chi connectivity index (χ4n) is 2.33. The first-order valence-electron chi connectivity index (χ1n) is 6.76. The van der Waals surface area contributed by atoms with Gasteiger partial charge in [0.25, 0.3) is 0 Å². The number of hydrogen-bond donors (Lipinski definition) is 0. The van der Waals surface area contributed by atoms with E-state index in [-0.39, 0.29) is 12.2 Å². The number of nitrogens with zero attached hydrogens (tertiary/aromatic N) is 1. The molecule has 0 fully saturated rings. The molecule has 3 nitrogen and oxygen atoms in total. The maximum Gasteiger partial charge on any atom is 0.414 e. The van der Waals surface area contributed by atoms with Gasteiger partial charge in [0.2, 0.25) is 0 Å². The Morgan fingerprint density at radius 2 is 2.21 bits per heavy atom. The zero-order valence-electron chi connectivity index (χ0n) is 11.9. The van der Waals surface area contributed by atoms with Crippen LogP contribution in [0.3, 0.4) is 0 Å². The van der Waals surface area contributed by atoms with Gasteiger partial charge in [-0.1, -0.05) is 24.2 Å². The Kier molecular flexibility index (Phi) is 3.98. The molecule has 2 rings (SSSR count). The summed E-state index contributed by atoms with van der Waals surface area (Å²) in [5.41, 5.74) is 4.26. The van der Waals surface area contributed by atoms with Crippen LogP contribution >= 0.6 is 0 Å². The number of benzene rings is 1.